The van der Waals surface area contributed by atoms with Crippen LogP contribution in [0.2, 0.25) is 0 Å². The Balaban J connectivity index is 1.71. The topological polar surface area (TPSA) is 134 Å². The predicted molar refractivity (Wildman–Crippen MR) is 102 cm³/mol. The molecule has 1 atom stereocenters. The summed E-state index contributed by atoms with van der Waals surface area (Å²) in [6, 6.07) is 8.29. The van der Waals surface area contributed by atoms with Gasteiger partial charge in [0.05, 0.1) is 12.1 Å². The number of hydrogen-bond donors (Lipinski definition) is 3. The first-order chi connectivity index (χ1) is 13.4. The van der Waals surface area contributed by atoms with Crippen LogP contribution in [0.3, 0.4) is 0 Å². The highest BCUT2D eigenvalue weighted by Gasteiger charge is 2.51. The highest BCUT2D eigenvalue weighted by molar-refractivity contribution is 7.13. The Morgan fingerprint density at radius 2 is 2.00 bits per heavy atom. The van der Waals surface area contributed by atoms with Gasteiger partial charge in [-0.2, -0.15) is 0 Å². The van der Waals surface area contributed by atoms with Gasteiger partial charge in [-0.25, -0.2) is 9.78 Å². The van der Waals surface area contributed by atoms with Crippen molar-refractivity contribution in [3.05, 3.63) is 47.0 Å². The van der Waals surface area contributed by atoms with E-state index in [0.717, 1.165) is 16.2 Å². The molecule has 0 radical (unpaired) electrons. The number of nitrogens with one attached hydrogen (secondary N) is 2. The molecule has 4 N–H and O–H groups in total. The zero-order valence-electron chi connectivity index (χ0n) is 15.1. The van der Waals surface area contributed by atoms with Crippen molar-refractivity contribution in [3.8, 4) is 0 Å². The molecule has 0 unspecified atom stereocenters. The summed E-state index contributed by atoms with van der Waals surface area (Å²) in [5.74, 6) is -1.57. The smallest absolute Gasteiger partial charge is 0.325 e. The molecule has 1 aliphatic heterocycles. The van der Waals surface area contributed by atoms with Crippen LogP contribution in [0.5, 0.6) is 0 Å². The summed E-state index contributed by atoms with van der Waals surface area (Å²) in [6.45, 7) is 1.36. The first-order valence-electron chi connectivity index (χ1n) is 8.58. The molecular formula is C18H19N5O4S. The normalized spacial score (nSPS) is 18.8. The fraction of sp³-hybridized carbons (Fsp3) is 0.278. The number of carbonyl (C=O) groups excluding carboxylic acids is 4. The Hall–Kier alpha value is -3.27. The third-order valence-corrected chi connectivity index (χ3v) is 5.23. The van der Waals surface area contributed by atoms with Gasteiger partial charge in [-0.05, 0) is 12.0 Å². The molecular weight excluding hydrogens is 382 g/mol. The molecule has 10 heteroatoms. The summed E-state index contributed by atoms with van der Waals surface area (Å²) < 4.78 is 0. The Labute approximate surface area is 164 Å². The van der Waals surface area contributed by atoms with Crippen molar-refractivity contribution in [2.75, 3.05) is 11.9 Å². The monoisotopic (exact) mass is 401 g/mol. The van der Waals surface area contributed by atoms with Gasteiger partial charge in [0.1, 0.15) is 12.1 Å². The molecule has 1 aliphatic rings. The summed E-state index contributed by atoms with van der Waals surface area (Å²) in [6.07, 6.45) is 0.318. The zero-order valence-corrected chi connectivity index (χ0v) is 15.9. The highest BCUT2D eigenvalue weighted by Crippen LogP contribution is 2.32. The van der Waals surface area contributed by atoms with E-state index in [9.17, 15) is 19.2 Å². The standard InChI is InChI=1S/C18H19N5O4S/c1-2-18(11-6-4-3-5-7-11)15(26)23(17(27)22-18)9-14(25)21-16-20-12(10-28-16)8-13(19)24/h3-7,10H,2,8-9H2,1H3,(H2,19,24)(H,22,27)(H,20,21,25)/t18-/m1/s1. The van der Waals surface area contributed by atoms with Crippen LogP contribution in [0.15, 0.2) is 35.7 Å². The Bertz CT molecular complexity index is 929. The molecule has 2 aromatic rings. The molecule has 0 bridgehead atoms. The van der Waals surface area contributed by atoms with Crippen molar-refractivity contribution in [3.63, 3.8) is 0 Å². The number of rotatable bonds is 7. The van der Waals surface area contributed by atoms with Crippen LogP contribution in [-0.4, -0.2) is 40.2 Å². The summed E-state index contributed by atoms with van der Waals surface area (Å²) >= 11 is 1.13. The maximum atomic E-state index is 13.0. The number of primary amides is 1. The van der Waals surface area contributed by atoms with Crippen LogP contribution in [0, 0.1) is 0 Å². The number of urea groups is 1. The van der Waals surface area contributed by atoms with Gasteiger partial charge in [0.15, 0.2) is 5.13 Å². The average Bonchev–Trinajstić information content (AvgIpc) is 3.19. The number of nitrogens with zero attached hydrogens (tertiary/aromatic N) is 2. The molecule has 1 fully saturated rings. The van der Waals surface area contributed by atoms with Crippen LogP contribution >= 0.6 is 11.3 Å². The van der Waals surface area contributed by atoms with Gasteiger partial charge in [-0.3, -0.25) is 19.3 Å². The second-order valence-electron chi connectivity index (χ2n) is 6.28. The third kappa shape index (κ3) is 3.72. The van der Waals surface area contributed by atoms with Crippen LogP contribution < -0.4 is 16.4 Å². The van der Waals surface area contributed by atoms with Gasteiger partial charge in [0.25, 0.3) is 5.91 Å². The van der Waals surface area contributed by atoms with Crippen LogP contribution in [-0.2, 0) is 26.3 Å². The van der Waals surface area contributed by atoms with Crippen LogP contribution in [0.4, 0.5) is 9.93 Å². The molecule has 9 nitrogen and oxygen atoms in total. The number of anilines is 1. The lowest BCUT2D eigenvalue weighted by atomic mass is 9.87. The van der Waals surface area contributed by atoms with Crippen LogP contribution in [0.25, 0.3) is 0 Å². The molecule has 146 valence electrons. The van der Waals surface area contributed by atoms with Crippen molar-refractivity contribution in [2.24, 2.45) is 5.73 Å². The first-order valence-corrected chi connectivity index (χ1v) is 9.46. The fourth-order valence-corrected chi connectivity index (χ4v) is 3.78. The quantitative estimate of drug-likeness (QED) is 0.594. The van der Waals surface area contributed by atoms with Gasteiger partial charge in [-0.1, -0.05) is 37.3 Å². The van der Waals surface area contributed by atoms with Gasteiger partial charge in [-0.15, -0.1) is 11.3 Å². The van der Waals surface area contributed by atoms with E-state index in [0.29, 0.717) is 17.7 Å². The Kier molecular flexibility index (Phi) is 5.41. The fourth-order valence-electron chi connectivity index (χ4n) is 3.06. The molecule has 2 heterocycles. The van der Waals surface area contributed by atoms with E-state index in [1.54, 1.807) is 36.6 Å². The molecule has 1 saturated heterocycles. The van der Waals surface area contributed by atoms with E-state index in [-0.39, 0.29) is 11.6 Å². The largest absolute Gasteiger partial charge is 0.369 e. The van der Waals surface area contributed by atoms with Crippen molar-refractivity contribution < 1.29 is 19.2 Å². The molecule has 0 aliphatic carbocycles. The summed E-state index contributed by atoms with van der Waals surface area (Å²) in [4.78, 5) is 53.6. The lowest BCUT2D eigenvalue weighted by Gasteiger charge is -2.25. The second-order valence-corrected chi connectivity index (χ2v) is 7.14. The van der Waals surface area contributed by atoms with E-state index in [1.807, 2.05) is 6.07 Å². The number of benzene rings is 1. The number of imide groups is 1. The minimum absolute atomic E-state index is 0.0323. The van der Waals surface area contributed by atoms with Crippen LogP contribution in [0.1, 0.15) is 24.6 Å². The van der Waals surface area contributed by atoms with E-state index in [1.165, 1.54) is 0 Å². The van der Waals surface area contributed by atoms with E-state index in [4.69, 9.17) is 5.73 Å². The lowest BCUT2D eigenvalue weighted by molar-refractivity contribution is -0.134. The molecule has 0 saturated carbocycles. The molecule has 1 aromatic carbocycles. The van der Waals surface area contributed by atoms with Gasteiger partial charge >= 0.3 is 6.03 Å². The number of nitrogens with two attached hydrogens (primary N) is 1. The minimum atomic E-state index is -1.19. The SMILES string of the molecule is CC[C@]1(c2ccccc2)NC(=O)N(CC(=O)Nc2nc(CC(N)=O)cs2)C1=O. The number of aromatic nitrogens is 1. The van der Waals surface area contributed by atoms with E-state index < -0.39 is 35.8 Å². The summed E-state index contributed by atoms with van der Waals surface area (Å²) in [5, 5.41) is 7.12. The first kappa shape index (κ1) is 19.5. The summed E-state index contributed by atoms with van der Waals surface area (Å²) in [7, 11) is 0. The number of carbonyl (C=O) groups is 4. The number of thiazole rings is 1. The van der Waals surface area contributed by atoms with Crippen molar-refractivity contribution >= 4 is 40.2 Å². The Morgan fingerprint density at radius 1 is 1.29 bits per heavy atom. The maximum Gasteiger partial charge on any atom is 0.325 e. The Morgan fingerprint density at radius 3 is 2.64 bits per heavy atom. The zero-order chi connectivity index (χ0) is 20.3. The lowest BCUT2D eigenvalue weighted by Crippen LogP contribution is -2.44. The molecule has 5 amide bonds. The van der Waals surface area contributed by atoms with Gasteiger partial charge in [0, 0.05) is 5.38 Å². The van der Waals surface area contributed by atoms with E-state index >= 15 is 0 Å². The van der Waals surface area contributed by atoms with Crippen molar-refractivity contribution in [1.82, 2.24) is 15.2 Å². The second kappa shape index (κ2) is 7.77. The van der Waals surface area contributed by atoms with Crippen molar-refractivity contribution in [1.29, 1.82) is 0 Å². The summed E-state index contributed by atoms with van der Waals surface area (Å²) in [5.41, 5.74) is 5.03. The molecule has 28 heavy (non-hydrogen) atoms. The molecule has 3 rings (SSSR count). The number of amides is 5. The average molecular weight is 401 g/mol. The molecule has 1 aromatic heterocycles. The number of hydrogen-bond acceptors (Lipinski definition) is 6. The van der Waals surface area contributed by atoms with Gasteiger partial charge < -0.3 is 16.4 Å². The maximum absolute atomic E-state index is 13.0. The highest BCUT2D eigenvalue weighted by atomic mass is 32.1. The molecule has 0 spiro atoms. The predicted octanol–water partition coefficient (Wildman–Crippen LogP) is 0.967. The van der Waals surface area contributed by atoms with E-state index in [2.05, 4.69) is 15.6 Å². The minimum Gasteiger partial charge on any atom is -0.369 e. The van der Waals surface area contributed by atoms with Crippen molar-refractivity contribution in [2.45, 2.75) is 25.3 Å². The van der Waals surface area contributed by atoms with Gasteiger partial charge in [0.2, 0.25) is 11.8 Å². The third-order valence-electron chi connectivity index (χ3n) is 4.43.